The van der Waals surface area contributed by atoms with Crippen molar-refractivity contribution in [3.05, 3.63) is 196 Å². The van der Waals surface area contributed by atoms with E-state index in [1.54, 1.807) is 4.88 Å². The zero-order chi connectivity index (χ0) is 34.5. The Morgan fingerprint density at radius 3 is 1.62 bits per heavy atom. The molecule has 2 aromatic heterocycles. The van der Waals surface area contributed by atoms with Gasteiger partial charge >= 0.3 is 0 Å². The lowest BCUT2D eigenvalue weighted by Crippen LogP contribution is -2.28. The van der Waals surface area contributed by atoms with Gasteiger partial charge in [0, 0.05) is 26.4 Å². The molecule has 2 aliphatic rings. The predicted octanol–water partition coefficient (Wildman–Crippen LogP) is 11.8. The van der Waals surface area contributed by atoms with Crippen molar-refractivity contribution in [2.75, 3.05) is 0 Å². The second-order valence-corrected chi connectivity index (χ2v) is 14.9. The molecule has 248 valence electrons. The Hall–Kier alpha value is -5.97. The number of aryl methyl sites for hydroxylation is 2. The number of aromatic nitrogens is 3. The molecular weight excluding hydrogens is 651 g/mol. The normalized spacial score (nSPS) is 14.0. The molecule has 0 unspecified atom stereocenters. The number of hydrogen-bond acceptors (Lipinski definition) is 4. The van der Waals surface area contributed by atoms with E-state index in [0.717, 1.165) is 16.7 Å². The molecule has 10 rings (SSSR count). The number of fused-ring (bicyclic) bond motifs is 4. The molecule has 0 atom stereocenters. The van der Waals surface area contributed by atoms with Crippen LogP contribution < -0.4 is 0 Å². The standard InChI is InChI=1S/C48H35N3S/c1-4-14-33(15-5-1)45-49-46(34-26-24-32(25-27-34)44-31-35-16-10-13-23-43(35)52-44)51-47(50-45)36-28-29-40-39-21-11-12-22-41(39)48(42(40)30-36,37-17-6-2-7-18-37)38-19-8-3-9-20-38/h1-9,11-12,14-15,17-22,24-31H,10,13,16,23H2. The summed E-state index contributed by atoms with van der Waals surface area (Å²) in [5.74, 6) is 1.99. The third kappa shape index (κ3) is 5.05. The van der Waals surface area contributed by atoms with Gasteiger partial charge in [-0.3, -0.25) is 0 Å². The van der Waals surface area contributed by atoms with E-state index in [1.165, 1.54) is 75.1 Å². The summed E-state index contributed by atoms with van der Waals surface area (Å²) < 4.78 is 0. The zero-order valence-corrected chi connectivity index (χ0v) is 29.5. The van der Waals surface area contributed by atoms with Crippen molar-refractivity contribution in [2.45, 2.75) is 31.1 Å². The minimum Gasteiger partial charge on any atom is -0.208 e. The molecule has 0 fully saturated rings. The van der Waals surface area contributed by atoms with Crippen LogP contribution in [0.2, 0.25) is 0 Å². The molecule has 0 aliphatic heterocycles. The number of rotatable bonds is 6. The number of thiophene rings is 1. The molecule has 0 radical (unpaired) electrons. The fraction of sp³-hybridized carbons (Fsp3) is 0.104. The minimum absolute atomic E-state index is 0.501. The molecule has 0 bridgehead atoms. The van der Waals surface area contributed by atoms with Crippen molar-refractivity contribution in [3.63, 3.8) is 0 Å². The lowest BCUT2D eigenvalue weighted by atomic mass is 9.67. The molecule has 0 N–H and O–H groups in total. The molecule has 0 amide bonds. The first kappa shape index (κ1) is 30.8. The molecule has 0 saturated carbocycles. The summed E-state index contributed by atoms with van der Waals surface area (Å²) in [4.78, 5) is 18.3. The Balaban J connectivity index is 1.14. The van der Waals surface area contributed by atoms with Crippen LogP contribution >= 0.6 is 11.3 Å². The Morgan fingerprint density at radius 1 is 0.423 bits per heavy atom. The first-order valence-electron chi connectivity index (χ1n) is 18.2. The van der Waals surface area contributed by atoms with Crippen LogP contribution in [0.5, 0.6) is 0 Å². The second-order valence-electron chi connectivity index (χ2n) is 13.8. The van der Waals surface area contributed by atoms with Crippen molar-refractivity contribution < 1.29 is 0 Å². The molecular formula is C48H35N3S. The van der Waals surface area contributed by atoms with E-state index in [9.17, 15) is 0 Å². The van der Waals surface area contributed by atoms with E-state index < -0.39 is 5.41 Å². The van der Waals surface area contributed by atoms with Crippen LogP contribution in [-0.4, -0.2) is 15.0 Å². The number of hydrogen-bond donors (Lipinski definition) is 0. The van der Waals surface area contributed by atoms with Gasteiger partial charge in [-0.1, -0.05) is 152 Å². The Morgan fingerprint density at radius 2 is 0.942 bits per heavy atom. The van der Waals surface area contributed by atoms with Crippen LogP contribution in [0.15, 0.2) is 164 Å². The van der Waals surface area contributed by atoms with E-state index in [2.05, 4.69) is 146 Å². The van der Waals surface area contributed by atoms with E-state index in [4.69, 9.17) is 15.0 Å². The SMILES string of the molecule is c1ccc(-c2nc(-c3ccc(-c4cc5c(s4)CCCC5)cc3)nc(-c3ccc4c(c3)C(c3ccccc3)(c3ccccc3)c3ccccc3-4)n2)cc1. The molecule has 6 aromatic carbocycles. The zero-order valence-electron chi connectivity index (χ0n) is 28.7. The average molecular weight is 686 g/mol. The molecule has 2 aliphatic carbocycles. The van der Waals surface area contributed by atoms with Gasteiger partial charge in [0.05, 0.1) is 5.41 Å². The van der Waals surface area contributed by atoms with Gasteiger partial charge in [-0.2, -0.15) is 0 Å². The van der Waals surface area contributed by atoms with Gasteiger partial charge in [-0.25, -0.2) is 15.0 Å². The van der Waals surface area contributed by atoms with Gasteiger partial charge in [-0.05, 0) is 82.3 Å². The summed E-state index contributed by atoms with van der Waals surface area (Å²) in [6.45, 7) is 0. The van der Waals surface area contributed by atoms with Gasteiger partial charge in [0.15, 0.2) is 17.5 Å². The van der Waals surface area contributed by atoms with E-state index in [0.29, 0.717) is 17.5 Å². The predicted molar refractivity (Wildman–Crippen MR) is 213 cm³/mol. The van der Waals surface area contributed by atoms with Crippen LogP contribution in [0, 0.1) is 0 Å². The smallest absolute Gasteiger partial charge is 0.164 e. The van der Waals surface area contributed by atoms with E-state index in [1.807, 2.05) is 29.5 Å². The highest BCUT2D eigenvalue weighted by molar-refractivity contribution is 7.15. The largest absolute Gasteiger partial charge is 0.208 e. The average Bonchev–Trinajstić information content (AvgIpc) is 3.80. The Labute approximate surface area is 308 Å². The minimum atomic E-state index is -0.501. The summed E-state index contributed by atoms with van der Waals surface area (Å²) in [6.07, 6.45) is 5.01. The first-order chi connectivity index (χ1) is 25.8. The quantitative estimate of drug-likeness (QED) is 0.175. The second kappa shape index (κ2) is 12.7. The Kier molecular flexibility index (Phi) is 7.51. The lowest BCUT2D eigenvalue weighted by molar-refractivity contribution is 0.697. The fourth-order valence-electron chi connectivity index (χ4n) is 8.35. The first-order valence-corrected chi connectivity index (χ1v) is 19.0. The molecule has 0 saturated heterocycles. The summed E-state index contributed by atoms with van der Waals surface area (Å²) in [5.41, 5.74) is 12.6. The van der Waals surface area contributed by atoms with Crippen molar-refractivity contribution >= 4 is 11.3 Å². The third-order valence-corrected chi connectivity index (χ3v) is 12.1. The maximum atomic E-state index is 5.20. The molecule has 0 spiro atoms. The van der Waals surface area contributed by atoms with Crippen LogP contribution in [-0.2, 0) is 18.3 Å². The number of nitrogens with zero attached hydrogens (tertiary/aromatic N) is 3. The summed E-state index contributed by atoms with van der Waals surface area (Å²) in [5, 5.41) is 0. The number of benzene rings is 6. The highest BCUT2D eigenvalue weighted by Crippen LogP contribution is 2.56. The van der Waals surface area contributed by atoms with Crippen molar-refractivity contribution in [1.82, 2.24) is 15.0 Å². The van der Waals surface area contributed by atoms with Crippen LogP contribution in [0.3, 0.4) is 0 Å². The van der Waals surface area contributed by atoms with Crippen LogP contribution in [0.25, 0.3) is 55.7 Å². The van der Waals surface area contributed by atoms with Gasteiger partial charge < -0.3 is 0 Å². The molecule has 8 aromatic rings. The summed E-state index contributed by atoms with van der Waals surface area (Å²) >= 11 is 1.95. The Bertz CT molecular complexity index is 2490. The van der Waals surface area contributed by atoms with Gasteiger partial charge in [0.1, 0.15) is 0 Å². The van der Waals surface area contributed by atoms with Gasteiger partial charge in [0.25, 0.3) is 0 Å². The van der Waals surface area contributed by atoms with Crippen molar-refractivity contribution in [1.29, 1.82) is 0 Å². The van der Waals surface area contributed by atoms with E-state index in [-0.39, 0.29) is 0 Å². The lowest BCUT2D eigenvalue weighted by Gasteiger charge is -2.34. The third-order valence-electron chi connectivity index (χ3n) is 10.8. The van der Waals surface area contributed by atoms with Crippen LogP contribution in [0.1, 0.15) is 45.5 Å². The van der Waals surface area contributed by atoms with E-state index >= 15 is 0 Å². The van der Waals surface area contributed by atoms with Crippen molar-refractivity contribution in [3.8, 4) is 55.7 Å². The molecule has 2 heterocycles. The fourth-order valence-corrected chi connectivity index (χ4v) is 9.61. The van der Waals surface area contributed by atoms with Gasteiger partial charge in [-0.15, -0.1) is 11.3 Å². The maximum Gasteiger partial charge on any atom is 0.164 e. The van der Waals surface area contributed by atoms with Gasteiger partial charge in [0.2, 0.25) is 0 Å². The molecule has 3 nitrogen and oxygen atoms in total. The topological polar surface area (TPSA) is 38.7 Å². The summed E-state index contributed by atoms with van der Waals surface area (Å²) in [7, 11) is 0. The molecule has 4 heteroatoms. The summed E-state index contributed by atoms with van der Waals surface area (Å²) in [6, 6.07) is 58.8. The van der Waals surface area contributed by atoms with Crippen molar-refractivity contribution in [2.24, 2.45) is 0 Å². The van der Waals surface area contributed by atoms with Crippen LogP contribution in [0.4, 0.5) is 0 Å². The highest BCUT2D eigenvalue weighted by atomic mass is 32.1. The highest BCUT2D eigenvalue weighted by Gasteiger charge is 2.46. The monoisotopic (exact) mass is 685 g/mol. The molecule has 52 heavy (non-hydrogen) atoms. The maximum absolute atomic E-state index is 5.20.